The third kappa shape index (κ3) is 24.3. The number of hydrogen-bond donors (Lipinski definition) is 4. The second-order valence-corrected chi connectivity index (χ2v) is 18.6. The topological polar surface area (TPSA) is 183 Å². The Kier molecular flexibility index (Phi) is 34.0. The summed E-state index contributed by atoms with van der Waals surface area (Å²) in [6, 6.07) is 19.3. The fraction of sp³-hybridized carbons (Fsp3) is 0.600. The van der Waals surface area contributed by atoms with Crippen molar-refractivity contribution in [1.82, 2.24) is 20.4 Å². The summed E-state index contributed by atoms with van der Waals surface area (Å²) >= 11 is 0. The second-order valence-electron chi connectivity index (χ2n) is 18.6. The predicted octanol–water partition coefficient (Wildman–Crippen LogP) is 8.84. The number of benzene rings is 2. The molecule has 69 heavy (non-hydrogen) atoms. The number of nitrogens with zero attached hydrogens (tertiary/aromatic N) is 3. The highest BCUT2D eigenvalue weighted by molar-refractivity contribution is 5.82. The van der Waals surface area contributed by atoms with Crippen molar-refractivity contribution >= 4 is 49.0 Å². The van der Waals surface area contributed by atoms with Gasteiger partial charge in [-0.25, -0.2) is 4.79 Å². The van der Waals surface area contributed by atoms with Crippen molar-refractivity contribution in [2.24, 2.45) is 11.7 Å². The average molecular weight is 962 g/mol. The molecule has 388 valence electrons. The Morgan fingerprint density at radius 2 is 1.51 bits per heavy atom. The van der Waals surface area contributed by atoms with Crippen LogP contribution in [0.1, 0.15) is 137 Å². The zero-order chi connectivity index (χ0) is 52.4. The zero-order valence-corrected chi connectivity index (χ0v) is 44.4. The molecule has 2 aliphatic carbocycles. The van der Waals surface area contributed by atoms with E-state index in [1.807, 2.05) is 13.8 Å². The van der Waals surface area contributed by atoms with Crippen molar-refractivity contribution in [2.75, 3.05) is 64.6 Å². The summed E-state index contributed by atoms with van der Waals surface area (Å²) in [5.74, 6) is 0.950. The van der Waals surface area contributed by atoms with Gasteiger partial charge in [-0.05, 0) is 145 Å². The van der Waals surface area contributed by atoms with Crippen molar-refractivity contribution in [3.63, 3.8) is 0 Å². The summed E-state index contributed by atoms with van der Waals surface area (Å²) in [5, 5.41) is 8.67. The lowest BCUT2D eigenvalue weighted by Crippen LogP contribution is -2.45. The van der Waals surface area contributed by atoms with E-state index in [2.05, 4.69) is 170 Å². The summed E-state index contributed by atoms with van der Waals surface area (Å²) in [6.45, 7) is 22.0. The van der Waals surface area contributed by atoms with E-state index >= 15 is 0 Å². The molecule has 2 aromatic rings. The van der Waals surface area contributed by atoms with Gasteiger partial charge in [-0.15, -0.1) is 0 Å². The molecular weight excluding hydrogens is 871 g/mol. The SMILES string of the molecule is C=O.CCC.CCCN(CC=O)C(C)C.CN.CNc1ccc([C@@H]2CCC(C3=CCC(NC(=O)C4CCCN4C)C=C3)N2c2ccc(C(C)(C)C)cc2)cc1.COC(=O)NCC=O.O=CCC1CC1. The second kappa shape index (κ2) is 36.8. The minimum atomic E-state index is -0.586. The normalized spacial score (nSPS) is 18.9. The fourth-order valence-electron chi connectivity index (χ4n) is 7.97. The molecule has 6 rings (SSSR count). The molecule has 0 radical (unpaired) electrons. The Morgan fingerprint density at radius 3 is 1.93 bits per heavy atom. The van der Waals surface area contributed by atoms with Gasteiger partial charge >= 0.3 is 6.09 Å². The number of anilines is 2. The summed E-state index contributed by atoms with van der Waals surface area (Å²) < 4.78 is 4.14. The number of amides is 2. The number of carbonyl (C=O) groups excluding carboxylic acids is 6. The van der Waals surface area contributed by atoms with Gasteiger partial charge in [0.1, 0.15) is 25.6 Å². The van der Waals surface area contributed by atoms with Gasteiger partial charge in [0.25, 0.3) is 0 Å². The predicted molar refractivity (Wildman–Crippen MR) is 285 cm³/mol. The van der Waals surface area contributed by atoms with Crippen LogP contribution >= 0.6 is 0 Å². The molecule has 4 aliphatic rings. The third-order valence-electron chi connectivity index (χ3n) is 11.9. The first kappa shape index (κ1) is 63.8. The summed E-state index contributed by atoms with van der Waals surface area (Å²) in [4.78, 5) is 67.2. The summed E-state index contributed by atoms with van der Waals surface area (Å²) in [5.41, 5.74) is 11.1. The smallest absolute Gasteiger partial charge is 0.407 e. The molecule has 14 heteroatoms. The van der Waals surface area contributed by atoms with Crippen LogP contribution in [-0.4, -0.2) is 126 Å². The minimum absolute atomic E-state index is 0.00662. The number of nitrogens with two attached hydrogens (primary N) is 1. The number of likely N-dealkylation sites (N-methyl/N-ethyl adjacent to an activating group) is 1. The zero-order valence-electron chi connectivity index (χ0n) is 44.4. The van der Waals surface area contributed by atoms with E-state index in [1.54, 1.807) is 0 Å². The molecule has 3 fully saturated rings. The van der Waals surface area contributed by atoms with Crippen molar-refractivity contribution in [3.05, 3.63) is 83.5 Å². The molecular formula is C55H91N7O7. The number of hydrogen-bond acceptors (Lipinski definition) is 12. The quantitative estimate of drug-likeness (QED) is 0.125. The van der Waals surface area contributed by atoms with Gasteiger partial charge < -0.3 is 50.5 Å². The first-order chi connectivity index (χ1) is 33.1. The highest BCUT2D eigenvalue weighted by Crippen LogP contribution is 2.44. The molecule has 14 nitrogen and oxygen atoms in total. The van der Waals surface area contributed by atoms with Crippen molar-refractivity contribution < 1.29 is 33.5 Å². The molecule has 2 amide bonds. The van der Waals surface area contributed by atoms with Gasteiger partial charge in [-0.2, -0.15) is 0 Å². The first-order valence-electron chi connectivity index (χ1n) is 24.9. The van der Waals surface area contributed by atoms with Crippen LogP contribution in [0.15, 0.2) is 72.3 Å². The van der Waals surface area contributed by atoms with E-state index in [4.69, 9.17) is 4.79 Å². The largest absolute Gasteiger partial charge is 0.453 e. The monoisotopic (exact) mass is 962 g/mol. The molecule has 2 saturated heterocycles. The minimum Gasteiger partial charge on any atom is -0.453 e. The van der Waals surface area contributed by atoms with Gasteiger partial charge in [0.15, 0.2) is 0 Å². The Bertz CT molecular complexity index is 1780. The number of rotatable bonds is 15. The van der Waals surface area contributed by atoms with Crippen LogP contribution in [0.25, 0.3) is 0 Å². The molecule has 2 aromatic carbocycles. The van der Waals surface area contributed by atoms with Gasteiger partial charge in [0.05, 0.1) is 44.4 Å². The Labute approximate surface area is 416 Å². The average Bonchev–Trinajstić information content (AvgIpc) is 3.90. The van der Waals surface area contributed by atoms with E-state index in [0.717, 1.165) is 82.2 Å². The third-order valence-corrected chi connectivity index (χ3v) is 11.9. The molecule has 4 atom stereocenters. The van der Waals surface area contributed by atoms with Gasteiger partial charge in [0, 0.05) is 30.9 Å². The van der Waals surface area contributed by atoms with Crippen molar-refractivity contribution in [1.29, 1.82) is 0 Å². The molecule has 2 heterocycles. The molecule has 0 bridgehead atoms. The van der Waals surface area contributed by atoms with E-state index in [-0.39, 0.29) is 30.0 Å². The van der Waals surface area contributed by atoms with Crippen molar-refractivity contribution in [3.8, 4) is 0 Å². The number of aldehydes is 3. The highest BCUT2D eigenvalue weighted by atomic mass is 16.5. The molecule has 5 N–H and O–H groups in total. The maximum atomic E-state index is 12.8. The van der Waals surface area contributed by atoms with Gasteiger partial charge in [0.2, 0.25) is 5.91 Å². The Hall–Kier alpha value is -5.18. The number of methoxy groups -OCH3 is 1. The lowest BCUT2D eigenvalue weighted by Gasteiger charge is -2.35. The van der Waals surface area contributed by atoms with E-state index < -0.39 is 6.09 Å². The van der Waals surface area contributed by atoms with Crippen LogP contribution in [0.2, 0.25) is 0 Å². The summed E-state index contributed by atoms with van der Waals surface area (Å²) in [7, 11) is 6.75. The van der Waals surface area contributed by atoms with E-state index in [9.17, 15) is 24.0 Å². The van der Waals surface area contributed by atoms with E-state index in [1.165, 1.54) is 55.8 Å². The van der Waals surface area contributed by atoms with Gasteiger partial charge in [-0.1, -0.05) is 90.5 Å². The molecule has 2 aliphatic heterocycles. The number of carbonyl (C=O) groups is 6. The molecule has 3 unspecified atom stereocenters. The first-order valence-corrected chi connectivity index (χ1v) is 24.9. The lowest BCUT2D eigenvalue weighted by atomic mass is 9.87. The van der Waals surface area contributed by atoms with Crippen LogP contribution < -0.4 is 26.6 Å². The Morgan fingerprint density at radius 1 is 0.899 bits per heavy atom. The highest BCUT2D eigenvalue weighted by Gasteiger charge is 2.37. The van der Waals surface area contributed by atoms with Crippen LogP contribution in [0.4, 0.5) is 16.2 Å². The Balaban J connectivity index is 0.00000121. The summed E-state index contributed by atoms with van der Waals surface area (Å²) in [6.07, 6.45) is 19.7. The van der Waals surface area contributed by atoms with E-state index in [0.29, 0.717) is 31.0 Å². The molecule has 0 aromatic heterocycles. The number of alkyl carbamates (subject to hydrolysis) is 1. The molecule has 1 saturated carbocycles. The molecule has 0 spiro atoms. The van der Waals surface area contributed by atoms with Crippen LogP contribution in [0.5, 0.6) is 0 Å². The van der Waals surface area contributed by atoms with Crippen LogP contribution in [-0.2, 0) is 34.1 Å². The number of likely N-dealkylation sites (tertiary alicyclic amines) is 1. The lowest BCUT2D eigenvalue weighted by molar-refractivity contribution is -0.125. The van der Waals surface area contributed by atoms with Gasteiger partial charge in [-0.3, -0.25) is 14.6 Å². The van der Waals surface area contributed by atoms with Crippen molar-refractivity contribution in [2.45, 2.75) is 155 Å². The van der Waals surface area contributed by atoms with Crippen LogP contribution in [0.3, 0.4) is 0 Å². The number of ether oxygens (including phenoxy) is 1. The standard InChI is InChI=1S/C33H44N4O.C8H17NO.C5H8O.C4H7NO3.C3H8.CH5N.CH2O/c1-33(2,3)25-12-18-28(19-13-25)37-29(23-8-14-26(34-4)15-9-23)20-21-30(37)24-10-16-27(17-11-24)35-32(38)31-7-6-22-36(31)5;1-4-5-9(6-7-10)8(2)3;6-4-3-5-1-2-5;1-8-4(7)5-2-3-6;1-3-2;2*1-2/h8-16,18-19,27,29-31,34H,6-7,17,20-22H2,1-5H3,(H,35,38);7-8H,4-6H2,1-3H3;4-5H,1-3H2;3H,2H2,1H3,(H,5,7);3H2,1-2H3;2H2,1H3;1H2/t27?,29-,30?,31?;;;;;;/m0....../s1. The maximum Gasteiger partial charge on any atom is 0.407 e. The fourth-order valence-corrected chi connectivity index (χ4v) is 7.97. The number of nitrogens with one attached hydrogen (secondary N) is 3. The maximum absolute atomic E-state index is 12.8. The van der Waals surface area contributed by atoms with Crippen LogP contribution in [0, 0.1) is 5.92 Å².